The lowest BCUT2D eigenvalue weighted by molar-refractivity contribution is -0.136. The van der Waals surface area contributed by atoms with Gasteiger partial charge in [-0.15, -0.1) is 0 Å². The molecule has 0 aromatic carbocycles. The lowest BCUT2D eigenvalue weighted by atomic mass is 10.2. The molecule has 14 heavy (non-hydrogen) atoms. The zero-order valence-corrected chi connectivity index (χ0v) is 8.73. The van der Waals surface area contributed by atoms with E-state index in [1.807, 2.05) is 18.3 Å². The molecule has 3 heteroatoms. The van der Waals surface area contributed by atoms with Crippen molar-refractivity contribution in [1.29, 1.82) is 0 Å². The van der Waals surface area contributed by atoms with Crippen LogP contribution < -0.4 is 0 Å². The minimum atomic E-state index is -0.734. The predicted molar refractivity (Wildman–Crippen MR) is 55.2 cm³/mol. The van der Waals surface area contributed by atoms with E-state index in [1.165, 1.54) is 0 Å². The van der Waals surface area contributed by atoms with Crippen LogP contribution in [0, 0.1) is 5.92 Å². The third-order valence-corrected chi connectivity index (χ3v) is 2.08. The summed E-state index contributed by atoms with van der Waals surface area (Å²) in [6.45, 7) is 5.27. The average molecular weight is 195 g/mol. The Morgan fingerprint density at radius 3 is 2.86 bits per heavy atom. The molecule has 78 valence electrons. The quantitative estimate of drug-likeness (QED) is 0.782. The van der Waals surface area contributed by atoms with Crippen LogP contribution in [0.2, 0.25) is 0 Å². The van der Waals surface area contributed by atoms with E-state index in [4.69, 9.17) is 5.11 Å². The lowest BCUT2D eigenvalue weighted by Gasteiger charge is -2.10. The molecule has 0 unspecified atom stereocenters. The maximum absolute atomic E-state index is 10.4. The molecular formula is C11H17NO2. The molecule has 0 saturated heterocycles. The second kappa shape index (κ2) is 4.84. The SMILES string of the molecule is CC(C)Cn1cccc1CCC(=O)O. The fourth-order valence-electron chi connectivity index (χ4n) is 1.48. The normalized spacial score (nSPS) is 10.8. The van der Waals surface area contributed by atoms with E-state index in [-0.39, 0.29) is 6.42 Å². The molecule has 0 fully saturated rings. The third kappa shape index (κ3) is 3.24. The van der Waals surface area contributed by atoms with Gasteiger partial charge in [0.1, 0.15) is 0 Å². The minimum absolute atomic E-state index is 0.210. The molecule has 1 heterocycles. The highest BCUT2D eigenvalue weighted by Crippen LogP contribution is 2.08. The molecule has 3 nitrogen and oxygen atoms in total. The Morgan fingerprint density at radius 2 is 2.29 bits per heavy atom. The van der Waals surface area contributed by atoms with E-state index in [0.717, 1.165) is 12.2 Å². The molecule has 0 aliphatic heterocycles. The summed E-state index contributed by atoms with van der Waals surface area (Å²) in [7, 11) is 0. The summed E-state index contributed by atoms with van der Waals surface area (Å²) in [4.78, 5) is 10.4. The van der Waals surface area contributed by atoms with Crippen molar-refractivity contribution in [3.8, 4) is 0 Å². The van der Waals surface area contributed by atoms with Crippen LogP contribution in [0.4, 0.5) is 0 Å². The van der Waals surface area contributed by atoms with Crippen LogP contribution in [-0.4, -0.2) is 15.6 Å². The first-order valence-electron chi connectivity index (χ1n) is 4.95. The van der Waals surface area contributed by atoms with Crippen LogP contribution in [0.1, 0.15) is 26.0 Å². The van der Waals surface area contributed by atoms with E-state index < -0.39 is 5.97 Å². The number of aryl methyl sites for hydroxylation is 1. The van der Waals surface area contributed by atoms with Crippen LogP contribution in [-0.2, 0) is 17.8 Å². The highest BCUT2D eigenvalue weighted by molar-refractivity contribution is 5.66. The minimum Gasteiger partial charge on any atom is -0.481 e. The zero-order chi connectivity index (χ0) is 10.6. The van der Waals surface area contributed by atoms with Gasteiger partial charge < -0.3 is 9.67 Å². The van der Waals surface area contributed by atoms with Gasteiger partial charge in [-0.05, 0) is 24.5 Å². The summed E-state index contributed by atoms with van der Waals surface area (Å²) in [6.07, 6.45) is 2.84. The Labute approximate surface area is 84.4 Å². The fraction of sp³-hybridized carbons (Fsp3) is 0.545. The average Bonchev–Trinajstić information content (AvgIpc) is 2.47. The van der Waals surface area contributed by atoms with E-state index in [0.29, 0.717) is 12.3 Å². The second-order valence-electron chi connectivity index (χ2n) is 3.94. The molecule has 0 aliphatic carbocycles. The van der Waals surface area contributed by atoms with Crippen molar-refractivity contribution >= 4 is 5.97 Å². The Hall–Kier alpha value is -1.25. The summed E-state index contributed by atoms with van der Waals surface area (Å²) in [5, 5.41) is 8.58. The molecule has 0 aliphatic rings. The van der Waals surface area contributed by atoms with Gasteiger partial charge in [0.25, 0.3) is 0 Å². The van der Waals surface area contributed by atoms with Gasteiger partial charge in [0, 0.05) is 18.4 Å². The van der Waals surface area contributed by atoms with E-state index in [2.05, 4.69) is 18.4 Å². The molecule has 1 aromatic rings. The molecule has 1 aromatic heterocycles. The van der Waals surface area contributed by atoms with Crippen LogP contribution in [0.5, 0.6) is 0 Å². The van der Waals surface area contributed by atoms with Gasteiger partial charge in [0.15, 0.2) is 0 Å². The maximum Gasteiger partial charge on any atom is 0.303 e. The van der Waals surface area contributed by atoms with Crippen LogP contribution in [0.25, 0.3) is 0 Å². The predicted octanol–water partition coefficient (Wildman–Crippen LogP) is 2.16. The number of carboxylic acid groups (broad SMARTS) is 1. The Morgan fingerprint density at radius 1 is 1.57 bits per heavy atom. The molecule has 0 atom stereocenters. The number of nitrogens with zero attached hydrogens (tertiary/aromatic N) is 1. The number of aromatic nitrogens is 1. The van der Waals surface area contributed by atoms with Crippen molar-refractivity contribution in [3.63, 3.8) is 0 Å². The number of carboxylic acids is 1. The molecule has 0 radical (unpaired) electrons. The van der Waals surface area contributed by atoms with Crippen molar-refractivity contribution < 1.29 is 9.90 Å². The van der Waals surface area contributed by atoms with Gasteiger partial charge in [0.2, 0.25) is 0 Å². The van der Waals surface area contributed by atoms with Gasteiger partial charge >= 0.3 is 5.97 Å². The smallest absolute Gasteiger partial charge is 0.303 e. The van der Waals surface area contributed by atoms with Crippen molar-refractivity contribution in [2.75, 3.05) is 0 Å². The van der Waals surface area contributed by atoms with Crippen molar-refractivity contribution in [2.24, 2.45) is 5.92 Å². The van der Waals surface area contributed by atoms with E-state index in [1.54, 1.807) is 0 Å². The summed E-state index contributed by atoms with van der Waals surface area (Å²) < 4.78 is 2.13. The zero-order valence-electron chi connectivity index (χ0n) is 8.73. The number of hydrogen-bond donors (Lipinski definition) is 1. The Kier molecular flexibility index (Phi) is 3.74. The van der Waals surface area contributed by atoms with Crippen LogP contribution in [0.3, 0.4) is 0 Å². The number of carbonyl (C=O) groups is 1. The summed E-state index contributed by atoms with van der Waals surface area (Å²) in [6, 6.07) is 3.96. The summed E-state index contributed by atoms with van der Waals surface area (Å²) >= 11 is 0. The molecule has 1 N–H and O–H groups in total. The molecule has 0 amide bonds. The number of hydrogen-bond acceptors (Lipinski definition) is 1. The van der Waals surface area contributed by atoms with Crippen molar-refractivity contribution in [2.45, 2.75) is 33.2 Å². The fourth-order valence-corrected chi connectivity index (χ4v) is 1.48. The maximum atomic E-state index is 10.4. The van der Waals surface area contributed by atoms with E-state index in [9.17, 15) is 4.79 Å². The standard InChI is InChI=1S/C11H17NO2/c1-9(2)8-12-7-3-4-10(12)5-6-11(13)14/h3-4,7,9H,5-6,8H2,1-2H3,(H,13,14). The Bertz CT molecular complexity index is 302. The van der Waals surface area contributed by atoms with Crippen LogP contribution in [0.15, 0.2) is 18.3 Å². The Balaban J connectivity index is 2.58. The van der Waals surface area contributed by atoms with E-state index >= 15 is 0 Å². The van der Waals surface area contributed by atoms with Gasteiger partial charge in [-0.25, -0.2) is 0 Å². The molecule has 0 bridgehead atoms. The monoisotopic (exact) mass is 195 g/mol. The molecule has 1 rings (SSSR count). The first-order valence-corrected chi connectivity index (χ1v) is 4.95. The van der Waals surface area contributed by atoms with Crippen LogP contribution >= 0.6 is 0 Å². The molecular weight excluding hydrogens is 178 g/mol. The summed E-state index contributed by atoms with van der Waals surface area (Å²) in [5.74, 6) is -0.145. The lowest BCUT2D eigenvalue weighted by Crippen LogP contribution is -2.08. The highest BCUT2D eigenvalue weighted by atomic mass is 16.4. The van der Waals surface area contributed by atoms with Gasteiger partial charge in [-0.3, -0.25) is 4.79 Å². The van der Waals surface area contributed by atoms with Crippen molar-refractivity contribution in [3.05, 3.63) is 24.0 Å². The van der Waals surface area contributed by atoms with Gasteiger partial charge in [-0.1, -0.05) is 13.8 Å². The first-order chi connectivity index (χ1) is 6.59. The topological polar surface area (TPSA) is 42.2 Å². The third-order valence-electron chi connectivity index (χ3n) is 2.08. The summed E-state index contributed by atoms with van der Waals surface area (Å²) in [5.41, 5.74) is 1.11. The second-order valence-corrected chi connectivity index (χ2v) is 3.94. The number of rotatable bonds is 5. The van der Waals surface area contributed by atoms with Crippen molar-refractivity contribution in [1.82, 2.24) is 4.57 Å². The number of aliphatic carboxylic acids is 1. The largest absolute Gasteiger partial charge is 0.481 e. The first kappa shape index (κ1) is 10.8. The molecule has 0 saturated carbocycles. The van der Waals surface area contributed by atoms with Gasteiger partial charge in [-0.2, -0.15) is 0 Å². The molecule has 0 spiro atoms. The highest BCUT2D eigenvalue weighted by Gasteiger charge is 2.04. The van der Waals surface area contributed by atoms with Gasteiger partial charge in [0.05, 0.1) is 6.42 Å².